The molecule has 0 radical (unpaired) electrons. The van der Waals surface area contributed by atoms with Crippen LogP contribution < -0.4 is 0 Å². The van der Waals surface area contributed by atoms with Crippen LogP contribution >= 0.6 is 0 Å². The first-order valence-corrected chi connectivity index (χ1v) is 3.88. The Labute approximate surface area is 69.4 Å². The number of allylic oxidation sites excluding steroid dienone is 1. The molecule has 2 aliphatic rings. The molecule has 1 saturated heterocycles. The lowest BCUT2D eigenvalue weighted by atomic mass is 9.78. The van der Waals surface area contributed by atoms with E-state index < -0.39 is 5.54 Å². The number of β-lactam (4-membered cyclic amide) rings is 1. The third-order valence-corrected chi connectivity index (χ3v) is 2.50. The molecule has 1 amide bonds. The Morgan fingerprint density at radius 3 is 2.67 bits per heavy atom. The first-order chi connectivity index (χ1) is 5.64. The van der Waals surface area contributed by atoms with Gasteiger partial charge in [-0.25, -0.2) is 5.06 Å². The molecule has 1 unspecified atom stereocenters. The highest BCUT2D eigenvalue weighted by Gasteiger charge is 2.50. The zero-order valence-corrected chi connectivity index (χ0v) is 6.49. The average molecular weight is 167 g/mol. The highest BCUT2D eigenvalue weighted by atomic mass is 16.5. The van der Waals surface area contributed by atoms with Gasteiger partial charge in [-0.3, -0.25) is 14.8 Å². The normalized spacial score (nSPS) is 34.2. The minimum Gasteiger partial charge on any atom is -0.295 e. The van der Waals surface area contributed by atoms with Gasteiger partial charge in [-0.05, 0) is 12.5 Å². The van der Waals surface area contributed by atoms with Gasteiger partial charge in [0.25, 0.3) is 0 Å². The standard InChI is InChI=1S/C8H9NO3/c10-6-1-3-8(4-2-6)5-7(11)9(8)12/h1,3,12H,2,4-5H2. The van der Waals surface area contributed by atoms with Gasteiger partial charge in [0.2, 0.25) is 5.91 Å². The average Bonchev–Trinajstić information content (AvgIpc) is 2.09. The quantitative estimate of drug-likeness (QED) is 0.416. The summed E-state index contributed by atoms with van der Waals surface area (Å²) in [5, 5.41) is 9.93. The van der Waals surface area contributed by atoms with Crippen LogP contribution in [0.5, 0.6) is 0 Å². The van der Waals surface area contributed by atoms with Gasteiger partial charge in [-0.15, -0.1) is 0 Å². The van der Waals surface area contributed by atoms with Crippen molar-refractivity contribution in [2.45, 2.75) is 24.8 Å². The second kappa shape index (κ2) is 2.17. The van der Waals surface area contributed by atoms with E-state index in [4.69, 9.17) is 0 Å². The SMILES string of the molecule is O=C1C=CC2(CC1)CC(=O)N2O. The van der Waals surface area contributed by atoms with Crippen LogP contribution in [-0.4, -0.2) is 27.5 Å². The van der Waals surface area contributed by atoms with Gasteiger partial charge < -0.3 is 0 Å². The number of hydroxylamine groups is 2. The Morgan fingerprint density at radius 1 is 1.50 bits per heavy atom. The lowest BCUT2D eigenvalue weighted by molar-refractivity contribution is -0.221. The van der Waals surface area contributed by atoms with E-state index >= 15 is 0 Å². The molecule has 1 aliphatic carbocycles. The van der Waals surface area contributed by atoms with Crippen LogP contribution in [0.3, 0.4) is 0 Å². The number of ketones is 1. The van der Waals surface area contributed by atoms with Crippen LogP contribution in [0, 0.1) is 0 Å². The number of carbonyl (C=O) groups is 2. The smallest absolute Gasteiger partial charge is 0.249 e. The third kappa shape index (κ3) is 0.814. The summed E-state index contributed by atoms with van der Waals surface area (Å²) in [7, 11) is 0. The van der Waals surface area contributed by atoms with E-state index in [0.717, 1.165) is 5.06 Å². The Hall–Kier alpha value is -1.16. The van der Waals surface area contributed by atoms with Gasteiger partial charge in [0.15, 0.2) is 5.78 Å². The summed E-state index contributed by atoms with van der Waals surface area (Å²) in [6, 6.07) is 0. The molecule has 1 spiro atoms. The van der Waals surface area contributed by atoms with Crippen LogP contribution in [-0.2, 0) is 9.59 Å². The fourth-order valence-electron chi connectivity index (χ4n) is 1.65. The summed E-state index contributed by atoms with van der Waals surface area (Å²) >= 11 is 0. The molecular formula is C8H9NO3. The first-order valence-electron chi connectivity index (χ1n) is 3.88. The summed E-state index contributed by atoms with van der Waals surface area (Å²) in [5.74, 6) is -0.206. The van der Waals surface area contributed by atoms with Crippen molar-refractivity contribution in [1.82, 2.24) is 5.06 Å². The van der Waals surface area contributed by atoms with Crippen molar-refractivity contribution in [2.24, 2.45) is 0 Å². The highest BCUT2D eigenvalue weighted by Crippen LogP contribution is 2.37. The fourth-order valence-corrected chi connectivity index (χ4v) is 1.65. The van der Waals surface area contributed by atoms with Crippen molar-refractivity contribution in [3.63, 3.8) is 0 Å². The number of hydrogen-bond donors (Lipinski definition) is 1. The topological polar surface area (TPSA) is 57.6 Å². The second-order valence-electron chi connectivity index (χ2n) is 3.29. The molecular weight excluding hydrogens is 158 g/mol. The Bertz CT molecular complexity index is 284. The van der Waals surface area contributed by atoms with E-state index in [1.807, 2.05) is 0 Å². The summed E-state index contributed by atoms with van der Waals surface area (Å²) in [4.78, 5) is 21.5. The summed E-state index contributed by atoms with van der Waals surface area (Å²) < 4.78 is 0. The van der Waals surface area contributed by atoms with Crippen LogP contribution in [0.1, 0.15) is 19.3 Å². The van der Waals surface area contributed by atoms with E-state index in [2.05, 4.69) is 0 Å². The van der Waals surface area contributed by atoms with E-state index in [1.165, 1.54) is 6.08 Å². The molecule has 1 fully saturated rings. The monoisotopic (exact) mass is 167 g/mol. The van der Waals surface area contributed by atoms with Gasteiger partial charge in [0.05, 0.1) is 12.0 Å². The number of amides is 1. The number of nitrogens with zero attached hydrogens (tertiary/aromatic N) is 1. The highest BCUT2D eigenvalue weighted by molar-refractivity contribution is 5.93. The second-order valence-corrected chi connectivity index (χ2v) is 3.29. The third-order valence-electron chi connectivity index (χ3n) is 2.50. The van der Waals surface area contributed by atoms with Gasteiger partial charge in [-0.2, -0.15) is 0 Å². The molecule has 1 heterocycles. The molecule has 0 aromatic carbocycles. The van der Waals surface area contributed by atoms with E-state index in [1.54, 1.807) is 6.08 Å². The van der Waals surface area contributed by atoms with Gasteiger partial charge >= 0.3 is 0 Å². The predicted molar refractivity (Wildman–Crippen MR) is 39.4 cm³/mol. The van der Waals surface area contributed by atoms with Crippen molar-refractivity contribution >= 4 is 11.7 Å². The molecule has 1 aliphatic heterocycles. The summed E-state index contributed by atoms with van der Waals surface area (Å²) in [5.41, 5.74) is -0.551. The van der Waals surface area contributed by atoms with Crippen LogP contribution in [0.15, 0.2) is 12.2 Å². The molecule has 0 aromatic heterocycles. The lowest BCUT2D eigenvalue weighted by Gasteiger charge is -2.46. The van der Waals surface area contributed by atoms with Crippen molar-refractivity contribution < 1.29 is 14.8 Å². The van der Waals surface area contributed by atoms with Gasteiger partial charge in [0.1, 0.15) is 0 Å². The van der Waals surface area contributed by atoms with Crippen molar-refractivity contribution in [3.8, 4) is 0 Å². The van der Waals surface area contributed by atoms with Gasteiger partial charge in [-0.1, -0.05) is 6.08 Å². The summed E-state index contributed by atoms with van der Waals surface area (Å²) in [6.07, 6.45) is 4.36. The van der Waals surface area contributed by atoms with Crippen molar-refractivity contribution in [1.29, 1.82) is 0 Å². The van der Waals surface area contributed by atoms with Crippen LogP contribution in [0.2, 0.25) is 0 Å². The molecule has 1 N–H and O–H groups in total. The largest absolute Gasteiger partial charge is 0.295 e. The molecule has 4 nitrogen and oxygen atoms in total. The fraction of sp³-hybridized carbons (Fsp3) is 0.500. The molecule has 64 valence electrons. The number of carbonyl (C=O) groups excluding carboxylic acids is 2. The first kappa shape index (κ1) is 7.49. The number of hydrogen-bond acceptors (Lipinski definition) is 3. The minimum atomic E-state index is -0.551. The Morgan fingerprint density at radius 2 is 2.25 bits per heavy atom. The molecule has 4 heteroatoms. The molecule has 0 saturated carbocycles. The van der Waals surface area contributed by atoms with Crippen molar-refractivity contribution in [2.75, 3.05) is 0 Å². The molecule has 0 aromatic rings. The zero-order chi connectivity index (χ0) is 8.77. The van der Waals surface area contributed by atoms with E-state index in [0.29, 0.717) is 19.3 Å². The Kier molecular flexibility index (Phi) is 1.35. The number of rotatable bonds is 0. The van der Waals surface area contributed by atoms with Crippen LogP contribution in [0.25, 0.3) is 0 Å². The zero-order valence-electron chi connectivity index (χ0n) is 6.49. The maximum absolute atomic E-state index is 10.8. The molecule has 12 heavy (non-hydrogen) atoms. The van der Waals surface area contributed by atoms with Gasteiger partial charge in [0, 0.05) is 6.42 Å². The molecule has 2 rings (SSSR count). The Balaban J connectivity index is 2.20. The van der Waals surface area contributed by atoms with E-state index in [-0.39, 0.29) is 11.7 Å². The van der Waals surface area contributed by atoms with Crippen LogP contribution in [0.4, 0.5) is 0 Å². The predicted octanol–water partition coefficient (Wildman–Crippen LogP) is 0.266. The van der Waals surface area contributed by atoms with Crippen molar-refractivity contribution in [3.05, 3.63) is 12.2 Å². The van der Waals surface area contributed by atoms with E-state index in [9.17, 15) is 14.8 Å². The lowest BCUT2D eigenvalue weighted by Crippen LogP contribution is -2.61. The minimum absolute atomic E-state index is 0.0633. The molecule has 1 atom stereocenters. The maximum Gasteiger partial charge on any atom is 0.249 e. The molecule has 0 bridgehead atoms. The summed E-state index contributed by atoms with van der Waals surface area (Å²) in [6.45, 7) is 0. The maximum atomic E-state index is 10.8.